The third-order valence-electron chi connectivity index (χ3n) is 3.72. The monoisotopic (exact) mass is 362 g/mol. The van der Waals surface area contributed by atoms with Crippen LogP contribution in [-0.2, 0) is 10.0 Å². The summed E-state index contributed by atoms with van der Waals surface area (Å²) < 4.78 is 32.6. The third-order valence-corrected chi connectivity index (χ3v) is 5.32. The van der Waals surface area contributed by atoms with Crippen molar-refractivity contribution in [3.8, 4) is 5.75 Å². The van der Waals surface area contributed by atoms with Gasteiger partial charge in [-0.3, -0.25) is 4.79 Å². The number of amides is 1. The van der Waals surface area contributed by atoms with Crippen molar-refractivity contribution in [2.75, 3.05) is 20.2 Å². The van der Waals surface area contributed by atoms with Crippen LogP contribution in [0.3, 0.4) is 0 Å². The Morgan fingerprint density at radius 2 is 1.72 bits per heavy atom. The molecular formula is C18H22N2O4S. The highest BCUT2D eigenvalue weighted by Crippen LogP contribution is 2.25. The highest BCUT2D eigenvalue weighted by Gasteiger charge is 2.18. The van der Waals surface area contributed by atoms with E-state index in [4.69, 9.17) is 4.74 Å². The average molecular weight is 362 g/mol. The van der Waals surface area contributed by atoms with Crippen molar-refractivity contribution >= 4 is 15.9 Å². The largest absolute Gasteiger partial charge is 0.496 e. The van der Waals surface area contributed by atoms with E-state index in [0.717, 1.165) is 5.56 Å². The van der Waals surface area contributed by atoms with Crippen LogP contribution in [0.4, 0.5) is 0 Å². The second-order valence-electron chi connectivity index (χ2n) is 5.61. The number of carbonyl (C=O) groups excluding carboxylic acids is 1. The molecule has 0 aliphatic rings. The van der Waals surface area contributed by atoms with Crippen molar-refractivity contribution in [2.45, 2.75) is 18.7 Å². The average Bonchev–Trinajstić information content (AvgIpc) is 2.60. The summed E-state index contributed by atoms with van der Waals surface area (Å²) >= 11 is 0. The lowest BCUT2D eigenvalue weighted by Gasteiger charge is -2.13. The lowest BCUT2D eigenvalue weighted by Crippen LogP contribution is -2.35. The molecule has 2 N–H and O–H groups in total. The van der Waals surface area contributed by atoms with E-state index in [0.29, 0.717) is 16.9 Å². The second kappa shape index (κ2) is 8.13. The van der Waals surface area contributed by atoms with E-state index in [1.807, 2.05) is 6.07 Å². The van der Waals surface area contributed by atoms with Crippen LogP contribution in [0.1, 0.15) is 21.5 Å². The molecule has 0 unspecified atom stereocenters. The number of aryl methyl sites for hydroxylation is 2. The van der Waals surface area contributed by atoms with E-state index in [1.54, 1.807) is 57.4 Å². The number of hydrogen-bond acceptors (Lipinski definition) is 4. The fraction of sp³-hybridized carbons (Fsp3) is 0.278. The maximum Gasteiger partial charge on any atom is 0.251 e. The zero-order valence-corrected chi connectivity index (χ0v) is 15.3. The Labute approximate surface area is 148 Å². The van der Waals surface area contributed by atoms with Gasteiger partial charge >= 0.3 is 0 Å². The van der Waals surface area contributed by atoms with Gasteiger partial charge in [-0.2, -0.15) is 0 Å². The molecule has 0 bridgehead atoms. The Hall–Kier alpha value is -2.38. The number of rotatable bonds is 7. The molecule has 7 heteroatoms. The summed E-state index contributed by atoms with van der Waals surface area (Å²) in [4.78, 5) is 12.1. The predicted octanol–water partition coefficient (Wildman–Crippen LogP) is 2.02. The number of sulfonamides is 1. The third kappa shape index (κ3) is 4.80. The number of methoxy groups -OCH3 is 1. The molecule has 1 amide bonds. The van der Waals surface area contributed by atoms with Crippen LogP contribution in [0.5, 0.6) is 5.75 Å². The normalized spacial score (nSPS) is 11.2. The fourth-order valence-electron chi connectivity index (χ4n) is 2.40. The van der Waals surface area contributed by atoms with Crippen LogP contribution in [-0.4, -0.2) is 34.5 Å². The predicted molar refractivity (Wildman–Crippen MR) is 96.4 cm³/mol. The zero-order valence-electron chi connectivity index (χ0n) is 14.5. The zero-order chi connectivity index (χ0) is 18.4. The minimum Gasteiger partial charge on any atom is -0.496 e. The number of hydrogen-bond donors (Lipinski definition) is 2. The molecule has 6 nitrogen and oxygen atoms in total. The van der Waals surface area contributed by atoms with Gasteiger partial charge in [-0.1, -0.05) is 18.2 Å². The molecule has 0 atom stereocenters. The number of nitrogens with one attached hydrogen (secondary N) is 2. The SMILES string of the molecule is COc1cc(C)c(S(=O)(=O)NCCNC(=O)c2ccccc2)cc1C. The summed E-state index contributed by atoms with van der Waals surface area (Å²) in [6.07, 6.45) is 0. The quantitative estimate of drug-likeness (QED) is 0.738. The molecule has 2 aromatic rings. The highest BCUT2D eigenvalue weighted by atomic mass is 32.2. The van der Waals surface area contributed by atoms with E-state index in [-0.39, 0.29) is 23.9 Å². The molecule has 0 heterocycles. The van der Waals surface area contributed by atoms with E-state index in [9.17, 15) is 13.2 Å². The van der Waals surface area contributed by atoms with Gasteiger partial charge in [0.1, 0.15) is 5.75 Å². The Morgan fingerprint density at radius 1 is 1.04 bits per heavy atom. The van der Waals surface area contributed by atoms with Crippen LogP contribution in [0.15, 0.2) is 47.4 Å². The number of ether oxygens (including phenoxy) is 1. The summed E-state index contributed by atoms with van der Waals surface area (Å²) in [6.45, 7) is 3.80. The molecule has 134 valence electrons. The summed E-state index contributed by atoms with van der Waals surface area (Å²) in [5.41, 5.74) is 1.88. The first-order valence-corrected chi connectivity index (χ1v) is 9.31. The molecular weight excluding hydrogens is 340 g/mol. The van der Waals surface area contributed by atoms with Crippen LogP contribution in [0, 0.1) is 13.8 Å². The van der Waals surface area contributed by atoms with Crippen molar-refractivity contribution in [2.24, 2.45) is 0 Å². The van der Waals surface area contributed by atoms with Crippen molar-refractivity contribution in [1.82, 2.24) is 10.0 Å². The van der Waals surface area contributed by atoms with Crippen LogP contribution >= 0.6 is 0 Å². The lowest BCUT2D eigenvalue weighted by molar-refractivity contribution is 0.0954. The smallest absolute Gasteiger partial charge is 0.251 e. The number of carbonyl (C=O) groups is 1. The Balaban J connectivity index is 1.96. The molecule has 0 aliphatic heterocycles. The summed E-state index contributed by atoms with van der Waals surface area (Å²) in [6, 6.07) is 12.0. The van der Waals surface area contributed by atoms with Crippen molar-refractivity contribution in [3.63, 3.8) is 0 Å². The van der Waals surface area contributed by atoms with Gasteiger partial charge in [-0.05, 0) is 49.2 Å². The molecule has 0 saturated heterocycles. The molecule has 0 fully saturated rings. The van der Waals surface area contributed by atoms with Crippen LogP contribution < -0.4 is 14.8 Å². The Bertz CT molecular complexity index is 849. The van der Waals surface area contributed by atoms with E-state index in [2.05, 4.69) is 10.0 Å². The van der Waals surface area contributed by atoms with E-state index < -0.39 is 10.0 Å². The minimum atomic E-state index is -3.66. The minimum absolute atomic E-state index is 0.103. The molecule has 0 aromatic heterocycles. The standard InChI is InChI=1S/C18H22N2O4S/c1-13-12-17(14(2)11-16(13)24-3)25(22,23)20-10-9-19-18(21)15-7-5-4-6-8-15/h4-8,11-12,20H,9-10H2,1-3H3,(H,19,21). The van der Waals surface area contributed by atoms with Crippen LogP contribution in [0.2, 0.25) is 0 Å². The van der Waals surface area contributed by atoms with Gasteiger partial charge in [0.15, 0.2) is 0 Å². The lowest BCUT2D eigenvalue weighted by atomic mass is 10.1. The molecule has 0 radical (unpaired) electrons. The molecule has 2 aromatic carbocycles. The maximum absolute atomic E-state index is 12.5. The molecule has 2 rings (SSSR count). The van der Waals surface area contributed by atoms with Gasteiger partial charge < -0.3 is 10.1 Å². The topological polar surface area (TPSA) is 84.5 Å². The first kappa shape index (κ1) is 19.0. The first-order valence-electron chi connectivity index (χ1n) is 7.83. The van der Waals surface area contributed by atoms with E-state index in [1.165, 1.54) is 0 Å². The van der Waals surface area contributed by atoms with Crippen molar-refractivity contribution < 1.29 is 17.9 Å². The molecule has 25 heavy (non-hydrogen) atoms. The van der Waals surface area contributed by atoms with Gasteiger partial charge in [0.05, 0.1) is 12.0 Å². The molecule has 0 spiro atoms. The van der Waals surface area contributed by atoms with Gasteiger partial charge in [0.2, 0.25) is 10.0 Å². The molecule has 0 aliphatic carbocycles. The Kier molecular flexibility index (Phi) is 6.17. The maximum atomic E-state index is 12.5. The Morgan fingerprint density at radius 3 is 2.36 bits per heavy atom. The van der Waals surface area contributed by atoms with Gasteiger partial charge in [0.25, 0.3) is 5.91 Å². The summed E-state index contributed by atoms with van der Waals surface area (Å²) in [5.74, 6) is 0.405. The summed E-state index contributed by atoms with van der Waals surface area (Å²) in [5, 5.41) is 2.68. The van der Waals surface area contributed by atoms with Crippen molar-refractivity contribution in [3.05, 3.63) is 59.2 Å². The van der Waals surface area contributed by atoms with Gasteiger partial charge in [0, 0.05) is 18.7 Å². The molecule has 0 saturated carbocycles. The summed E-state index contributed by atoms with van der Waals surface area (Å²) in [7, 11) is -2.11. The second-order valence-corrected chi connectivity index (χ2v) is 7.34. The van der Waals surface area contributed by atoms with E-state index >= 15 is 0 Å². The van der Waals surface area contributed by atoms with Gasteiger partial charge in [-0.15, -0.1) is 0 Å². The highest BCUT2D eigenvalue weighted by molar-refractivity contribution is 7.89. The van der Waals surface area contributed by atoms with Crippen molar-refractivity contribution in [1.29, 1.82) is 0 Å². The van der Waals surface area contributed by atoms with Crippen LogP contribution in [0.25, 0.3) is 0 Å². The number of benzene rings is 2. The fourth-order valence-corrected chi connectivity index (χ4v) is 3.74. The first-order chi connectivity index (χ1) is 11.8. The van der Waals surface area contributed by atoms with Gasteiger partial charge in [-0.25, -0.2) is 13.1 Å².